The van der Waals surface area contributed by atoms with Gasteiger partial charge in [0.1, 0.15) is 5.75 Å². The van der Waals surface area contributed by atoms with Crippen molar-refractivity contribution in [2.45, 2.75) is 25.7 Å². The van der Waals surface area contributed by atoms with Crippen molar-refractivity contribution < 1.29 is 14.3 Å². The molecule has 0 bridgehead atoms. The number of rotatable bonds is 4. The zero-order valence-corrected chi connectivity index (χ0v) is 16.0. The van der Waals surface area contributed by atoms with E-state index in [1.54, 1.807) is 29.4 Å². The van der Waals surface area contributed by atoms with Gasteiger partial charge in [-0.15, -0.1) is 0 Å². The van der Waals surface area contributed by atoms with Crippen LogP contribution in [0.4, 0.5) is 0 Å². The number of pyridine rings is 1. The molecule has 1 aliphatic carbocycles. The van der Waals surface area contributed by atoms with Crippen LogP contribution in [0.1, 0.15) is 34.3 Å². The Balaban J connectivity index is 1.30. The minimum absolute atomic E-state index is 0.00825. The van der Waals surface area contributed by atoms with Crippen molar-refractivity contribution in [1.29, 1.82) is 0 Å². The van der Waals surface area contributed by atoms with E-state index in [0.717, 1.165) is 25.0 Å². The molecule has 0 N–H and O–H groups in total. The fourth-order valence-corrected chi connectivity index (χ4v) is 3.92. The van der Waals surface area contributed by atoms with Gasteiger partial charge in [-0.05, 0) is 61.1 Å². The third-order valence-corrected chi connectivity index (χ3v) is 5.50. The molecular formula is C22H25N3O3. The summed E-state index contributed by atoms with van der Waals surface area (Å²) in [5, 5.41) is 0. The summed E-state index contributed by atoms with van der Waals surface area (Å²) in [6.07, 6.45) is 7.43. The third kappa shape index (κ3) is 4.16. The Morgan fingerprint density at radius 2 is 1.64 bits per heavy atom. The number of aryl methyl sites for hydroxylation is 2. The van der Waals surface area contributed by atoms with Crippen LogP contribution >= 0.6 is 0 Å². The second-order valence-electron chi connectivity index (χ2n) is 7.34. The molecule has 0 radical (unpaired) electrons. The van der Waals surface area contributed by atoms with Crippen LogP contribution in [0.25, 0.3) is 0 Å². The Morgan fingerprint density at radius 1 is 0.893 bits per heavy atom. The van der Waals surface area contributed by atoms with E-state index in [1.807, 2.05) is 11.0 Å². The Labute approximate surface area is 165 Å². The van der Waals surface area contributed by atoms with Crippen LogP contribution in [0.15, 0.2) is 42.7 Å². The van der Waals surface area contributed by atoms with E-state index in [4.69, 9.17) is 4.74 Å². The van der Waals surface area contributed by atoms with Crippen LogP contribution in [0, 0.1) is 0 Å². The van der Waals surface area contributed by atoms with Crippen molar-refractivity contribution in [1.82, 2.24) is 14.8 Å². The molecule has 0 spiro atoms. The Kier molecular flexibility index (Phi) is 5.55. The van der Waals surface area contributed by atoms with E-state index in [9.17, 15) is 9.59 Å². The van der Waals surface area contributed by atoms with E-state index < -0.39 is 0 Å². The molecule has 2 aliphatic rings. The van der Waals surface area contributed by atoms with Gasteiger partial charge in [-0.2, -0.15) is 0 Å². The maximum absolute atomic E-state index is 12.6. The lowest BCUT2D eigenvalue weighted by atomic mass is 10.1. The van der Waals surface area contributed by atoms with Gasteiger partial charge >= 0.3 is 0 Å². The van der Waals surface area contributed by atoms with Gasteiger partial charge in [0.2, 0.25) is 0 Å². The highest BCUT2D eigenvalue weighted by Crippen LogP contribution is 2.26. The van der Waals surface area contributed by atoms with E-state index in [2.05, 4.69) is 17.1 Å². The molecule has 1 saturated heterocycles. The minimum atomic E-state index is -0.0290. The van der Waals surface area contributed by atoms with Crippen molar-refractivity contribution >= 4 is 11.8 Å². The van der Waals surface area contributed by atoms with Gasteiger partial charge in [0.25, 0.3) is 11.8 Å². The average Bonchev–Trinajstić information content (AvgIpc) is 3.06. The van der Waals surface area contributed by atoms with Crippen LogP contribution in [-0.2, 0) is 17.6 Å². The van der Waals surface area contributed by atoms with Crippen molar-refractivity contribution in [2.75, 3.05) is 32.8 Å². The molecule has 2 aromatic rings. The molecule has 4 rings (SSSR count). The molecule has 2 heterocycles. The zero-order chi connectivity index (χ0) is 19.3. The quantitative estimate of drug-likeness (QED) is 0.818. The van der Waals surface area contributed by atoms with Gasteiger partial charge in [0, 0.05) is 44.1 Å². The normalized spacial score (nSPS) is 16.4. The number of hydrogen-bond acceptors (Lipinski definition) is 4. The van der Waals surface area contributed by atoms with Gasteiger partial charge in [-0.3, -0.25) is 14.6 Å². The summed E-state index contributed by atoms with van der Waals surface area (Å²) in [6.45, 7) is 2.40. The molecule has 0 atom stereocenters. The molecule has 0 unspecified atom stereocenters. The number of carbonyl (C=O) groups excluding carboxylic acids is 2. The standard InChI is InChI=1S/C22H25N3O3/c26-21(16-28-20-6-5-17-3-1-4-19(17)15-20)24-11-2-12-25(14-13-24)22(27)18-7-9-23-10-8-18/h5-10,15H,1-4,11-14,16H2. The van der Waals surface area contributed by atoms with Crippen molar-refractivity contribution in [3.05, 3.63) is 59.4 Å². The van der Waals surface area contributed by atoms with Crippen LogP contribution in [-0.4, -0.2) is 59.4 Å². The molecule has 1 aromatic heterocycles. The molecule has 1 aliphatic heterocycles. The lowest BCUT2D eigenvalue weighted by Gasteiger charge is -2.22. The van der Waals surface area contributed by atoms with Crippen LogP contribution in [0.5, 0.6) is 5.75 Å². The summed E-state index contributed by atoms with van der Waals surface area (Å²) in [5.41, 5.74) is 3.37. The lowest BCUT2D eigenvalue weighted by molar-refractivity contribution is -0.133. The van der Waals surface area contributed by atoms with Crippen molar-refractivity contribution in [3.63, 3.8) is 0 Å². The smallest absolute Gasteiger partial charge is 0.260 e. The number of benzene rings is 1. The Bertz CT molecular complexity index is 853. The average molecular weight is 379 g/mol. The first-order valence-electron chi connectivity index (χ1n) is 9.92. The second-order valence-corrected chi connectivity index (χ2v) is 7.34. The maximum atomic E-state index is 12.6. The van der Waals surface area contributed by atoms with Crippen LogP contribution in [0.2, 0.25) is 0 Å². The molecule has 1 aromatic carbocycles. The van der Waals surface area contributed by atoms with Crippen LogP contribution < -0.4 is 4.74 Å². The lowest BCUT2D eigenvalue weighted by Crippen LogP contribution is -2.39. The third-order valence-electron chi connectivity index (χ3n) is 5.50. The molecule has 146 valence electrons. The van der Waals surface area contributed by atoms with E-state index in [-0.39, 0.29) is 18.4 Å². The first-order chi connectivity index (χ1) is 13.7. The highest BCUT2D eigenvalue weighted by Gasteiger charge is 2.23. The summed E-state index contributed by atoms with van der Waals surface area (Å²) in [7, 11) is 0. The molecular weight excluding hydrogens is 354 g/mol. The SMILES string of the molecule is O=C(COc1ccc2c(c1)CCC2)N1CCCN(C(=O)c2ccncc2)CC1. The molecule has 28 heavy (non-hydrogen) atoms. The molecule has 1 fully saturated rings. The summed E-state index contributed by atoms with van der Waals surface area (Å²) in [4.78, 5) is 32.8. The number of aromatic nitrogens is 1. The van der Waals surface area contributed by atoms with Gasteiger partial charge < -0.3 is 14.5 Å². The number of amides is 2. The largest absolute Gasteiger partial charge is 0.484 e. The van der Waals surface area contributed by atoms with Crippen molar-refractivity contribution in [2.24, 2.45) is 0 Å². The monoisotopic (exact) mass is 379 g/mol. The van der Waals surface area contributed by atoms with Crippen LogP contribution in [0.3, 0.4) is 0 Å². The topological polar surface area (TPSA) is 62.7 Å². The predicted octanol–water partition coefficient (Wildman–Crippen LogP) is 2.32. The first kappa shape index (κ1) is 18.5. The number of carbonyl (C=O) groups is 2. The maximum Gasteiger partial charge on any atom is 0.260 e. The Morgan fingerprint density at radius 3 is 2.50 bits per heavy atom. The highest BCUT2D eigenvalue weighted by atomic mass is 16.5. The second kappa shape index (κ2) is 8.42. The predicted molar refractivity (Wildman–Crippen MR) is 105 cm³/mol. The van der Waals surface area contributed by atoms with Gasteiger partial charge in [-0.1, -0.05) is 6.07 Å². The summed E-state index contributed by atoms with van der Waals surface area (Å²) >= 11 is 0. The molecule has 2 amide bonds. The minimum Gasteiger partial charge on any atom is -0.484 e. The van der Waals surface area contributed by atoms with Gasteiger partial charge in [0.15, 0.2) is 6.61 Å². The zero-order valence-electron chi connectivity index (χ0n) is 16.0. The number of ether oxygens (including phenoxy) is 1. The fourth-order valence-electron chi connectivity index (χ4n) is 3.92. The Hall–Kier alpha value is -2.89. The van der Waals surface area contributed by atoms with E-state index in [1.165, 1.54) is 17.5 Å². The van der Waals surface area contributed by atoms with E-state index in [0.29, 0.717) is 31.7 Å². The highest BCUT2D eigenvalue weighted by molar-refractivity contribution is 5.94. The number of fused-ring (bicyclic) bond motifs is 1. The summed E-state index contributed by atoms with van der Waals surface area (Å²) < 4.78 is 5.75. The molecule has 6 heteroatoms. The number of nitrogens with zero attached hydrogens (tertiary/aromatic N) is 3. The molecule has 6 nitrogen and oxygen atoms in total. The summed E-state index contributed by atoms with van der Waals surface area (Å²) in [6, 6.07) is 9.57. The van der Waals surface area contributed by atoms with Gasteiger partial charge in [-0.25, -0.2) is 0 Å². The van der Waals surface area contributed by atoms with Gasteiger partial charge in [0.05, 0.1) is 0 Å². The first-order valence-corrected chi connectivity index (χ1v) is 9.92. The fraction of sp³-hybridized carbons (Fsp3) is 0.409. The van der Waals surface area contributed by atoms with Crippen molar-refractivity contribution in [3.8, 4) is 5.75 Å². The van der Waals surface area contributed by atoms with E-state index >= 15 is 0 Å². The summed E-state index contributed by atoms with van der Waals surface area (Å²) in [5.74, 6) is 0.725. The molecule has 0 saturated carbocycles. The number of hydrogen-bond donors (Lipinski definition) is 0.